The highest BCUT2D eigenvalue weighted by Gasteiger charge is 2.01. The van der Waals surface area contributed by atoms with Gasteiger partial charge in [-0.05, 0) is 35.7 Å². The van der Waals surface area contributed by atoms with Gasteiger partial charge in [0.1, 0.15) is 0 Å². The number of hydrogen-bond donors (Lipinski definition) is 0. The molecule has 0 unspecified atom stereocenters. The van der Waals surface area contributed by atoms with E-state index in [4.69, 9.17) is 0 Å². The summed E-state index contributed by atoms with van der Waals surface area (Å²) in [5.74, 6) is -0.00999. The first kappa shape index (κ1) is 13.1. The molecule has 2 aromatic rings. The van der Waals surface area contributed by atoms with Crippen molar-refractivity contribution < 1.29 is 4.79 Å². The zero-order valence-corrected chi connectivity index (χ0v) is 12.1. The van der Waals surface area contributed by atoms with Crippen LogP contribution >= 0.6 is 27.7 Å². The average Bonchev–Trinajstić information content (AvgIpc) is 2.76. The van der Waals surface area contributed by atoms with Crippen molar-refractivity contribution >= 4 is 33.5 Å². The molecule has 0 amide bonds. The summed E-state index contributed by atoms with van der Waals surface area (Å²) in [5, 5.41) is 2.61. The van der Waals surface area contributed by atoms with Gasteiger partial charge in [0, 0.05) is 29.5 Å². The van der Waals surface area contributed by atoms with E-state index < -0.39 is 0 Å². The van der Waals surface area contributed by atoms with Gasteiger partial charge in [-0.2, -0.15) is 0 Å². The third-order valence-electron chi connectivity index (χ3n) is 2.30. The molecule has 1 heterocycles. The van der Waals surface area contributed by atoms with Crippen molar-refractivity contribution in [1.82, 2.24) is 9.55 Å². The van der Waals surface area contributed by atoms with Gasteiger partial charge >= 0.3 is 0 Å². The molecule has 1 aromatic heterocycles. The summed E-state index contributed by atoms with van der Waals surface area (Å²) in [7, 11) is 1.92. The summed E-state index contributed by atoms with van der Waals surface area (Å²) in [6, 6.07) is 7.30. The number of aromatic nitrogens is 2. The summed E-state index contributed by atoms with van der Waals surface area (Å²) in [6.45, 7) is 0. The summed E-state index contributed by atoms with van der Waals surface area (Å²) in [5.41, 5.74) is 0.676. The summed E-state index contributed by atoms with van der Waals surface area (Å²) in [6.07, 6.45) is 5.15. The lowest BCUT2D eigenvalue weighted by Gasteiger charge is -1.97. The van der Waals surface area contributed by atoms with Crippen molar-refractivity contribution in [2.24, 2.45) is 7.05 Å². The van der Waals surface area contributed by atoms with Gasteiger partial charge in [-0.1, -0.05) is 27.7 Å². The fourth-order valence-electron chi connectivity index (χ4n) is 1.33. The molecule has 2 rings (SSSR count). The number of carbonyl (C=O) groups is 1. The van der Waals surface area contributed by atoms with Gasteiger partial charge in [0.25, 0.3) is 0 Å². The Morgan fingerprint density at radius 3 is 2.72 bits per heavy atom. The van der Waals surface area contributed by atoms with Gasteiger partial charge in [-0.15, -0.1) is 0 Å². The number of benzene rings is 1. The van der Waals surface area contributed by atoms with Crippen LogP contribution in [0, 0.1) is 0 Å². The fourth-order valence-corrected chi connectivity index (χ4v) is 2.26. The van der Waals surface area contributed by atoms with Gasteiger partial charge < -0.3 is 4.57 Å². The maximum Gasteiger partial charge on any atom is 0.186 e. The van der Waals surface area contributed by atoms with E-state index in [1.165, 1.54) is 11.8 Å². The molecule has 0 N–H and O–H groups in total. The SMILES string of the molecule is Cn1ccnc1S/C=C\C(=O)c1ccc(Br)cc1. The van der Waals surface area contributed by atoms with Crippen LogP contribution in [0.1, 0.15) is 10.4 Å². The van der Waals surface area contributed by atoms with Crippen LogP contribution in [0.5, 0.6) is 0 Å². The van der Waals surface area contributed by atoms with Crippen molar-refractivity contribution in [1.29, 1.82) is 0 Å². The van der Waals surface area contributed by atoms with Gasteiger partial charge in [0.05, 0.1) is 0 Å². The molecule has 0 aliphatic rings. The summed E-state index contributed by atoms with van der Waals surface area (Å²) >= 11 is 4.76. The van der Waals surface area contributed by atoms with E-state index in [2.05, 4.69) is 20.9 Å². The van der Waals surface area contributed by atoms with Crippen molar-refractivity contribution in [3.63, 3.8) is 0 Å². The standard InChI is InChI=1S/C13H11BrN2OS/c1-16-8-7-15-13(16)18-9-6-12(17)10-2-4-11(14)5-3-10/h2-9H,1H3/b9-6-. The molecule has 92 valence electrons. The minimum Gasteiger partial charge on any atom is -0.329 e. The molecule has 0 spiro atoms. The van der Waals surface area contributed by atoms with Gasteiger partial charge in [-0.25, -0.2) is 4.98 Å². The van der Waals surface area contributed by atoms with Crippen LogP contribution in [-0.2, 0) is 7.05 Å². The second kappa shape index (κ2) is 6.02. The highest BCUT2D eigenvalue weighted by Crippen LogP contribution is 2.16. The van der Waals surface area contributed by atoms with Crippen LogP contribution < -0.4 is 0 Å². The van der Waals surface area contributed by atoms with E-state index in [0.717, 1.165) is 9.63 Å². The number of imidazole rings is 1. The first-order valence-electron chi connectivity index (χ1n) is 5.27. The molecule has 18 heavy (non-hydrogen) atoms. The number of thioether (sulfide) groups is 1. The fraction of sp³-hybridized carbons (Fsp3) is 0.0769. The Labute approximate surface area is 118 Å². The number of carbonyl (C=O) groups excluding carboxylic acids is 1. The second-order valence-electron chi connectivity index (χ2n) is 3.61. The first-order chi connectivity index (χ1) is 8.66. The Kier molecular flexibility index (Phi) is 4.38. The third kappa shape index (κ3) is 3.34. The molecular formula is C13H11BrN2OS. The Morgan fingerprint density at radius 2 is 2.11 bits per heavy atom. The van der Waals surface area contributed by atoms with E-state index >= 15 is 0 Å². The highest BCUT2D eigenvalue weighted by atomic mass is 79.9. The molecule has 0 radical (unpaired) electrons. The number of hydrogen-bond acceptors (Lipinski definition) is 3. The monoisotopic (exact) mass is 322 g/mol. The van der Waals surface area contributed by atoms with E-state index in [-0.39, 0.29) is 5.78 Å². The van der Waals surface area contributed by atoms with Crippen LogP contribution in [0.4, 0.5) is 0 Å². The minimum atomic E-state index is -0.00999. The van der Waals surface area contributed by atoms with Crippen LogP contribution in [0.2, 0.25) is 0 Å². The van der Waals surface area contributed by atoms with E-state index in [9.17, 15) is 4.79 Å². The van der Waals surface area contributed by atoms with Crippen molar-refractivity contribution in [2.45, 2.75) is 5.16 Å². The summed E-state index contributed by atoms with van der Waals surface area (Å²) < 4.78 is 2.87. The van der Waals surface area contributed by atoms with Crippen molar-refractivity contribution in [2.75, 3.05) is 0 Å². The number of aryl methyl sites for hydroxylation is 1. The Hall–Kier alpha value is -1.33. The predicted molar refractivity (Wildman–Crippen MR) is 76.7 cm³/mol. The topological polar surface area (TPSA) is 34.9 Å². The summed E-state index contributed by atoms with van der Waals surface area (Å²) in [4.78, 5) is 16.0. The maximum absolute atomic E-state index is 11.8. The van der Waals surface area contributed by atoms with Crippen molar-refractivity contribution in [3.05, 3.63) is 58.2 Å². The number of nitrogens with zero attached hydrogens (tertiary/aromatic N) is 2. The number of ketones is 1. The lowest BCUT2D eigenvalue weighted by atomic mass is 10.1. The zero-order valence-electron chi connectivity index (χ0n) is 9.71. The molecule has 5 heteroatoms. The molecule has 0 aliphatic heterocycles. The molecule has 1 aromatic carbocycles. The molecule has 0 atom stereocenters. The minimum absolute atomic E-state index is 0.00999. The Balaban J connectivity index is 1.99. The Morgan fingerprint density at radius 1 is 1.39 bits per heavy atom. The molecule has 0 saturated carbocycles. The van der Waals surface area contributed by atoms with Crippen LogP contribution in [0.3, 0.4) is 0 Å². The molecule has 3 nitrogen and oxygen atoms in total. The highest BCUT2D eigenvalue weighted by molar-refractivity contribution is 9.10. The number of halogens is 1. The van der Waals surface area contributed by atoms with Crippen LogP contribution in [0.15, 0.2) is 57.8 Å². The number of allylic oxidation sites excluding steroid dienone is 1. The average molecular weight is 323 g/mol. The molecular weight excluding hydrogens is 312 g/mol. The third-order valence-corrected chi connectivity index (χ3v) is 3.70. The second-order valence-corrected chi connectivity index (χ2v) is 5.40. The molecule has 0 fully saturated rings. The van der Waals surface area contributed by atoms with Crippen LogP contribution in [-0.4, -0.2) is 15.3 Å². The normalized spacial score (nSPS) is 11.0. The van der Waals surface area contributed by atoms with E-state index in [1.807, 2.05) is 29.9 Å². The lowest BCUT2D eigenvalue weighted by molar-refractivity contribution is 0.104. The number of rotatable bonds is 4. The van der Waals surface area contributed by atoms with Gasteiger partial charge in [-0.3, -0.25) is 4.79 Å². The van der Waals surface area contributed by atoms with Crippen LogP contribution in [0.25, 0.3) is 0 Å². The molecule has 0 aliphatic carbocycles. The van der Waals surface area contributed by atoms with Crippen molar-refractivity contribution in [3.8, 4) is 0 Å². The Bertz CT molecular complexity index is 575. The first-order valence-corrected chi connectivity index (χ1v) is 6.94. The zero-order chi connectivity index (χ0) is 13.0. The quantitative estimate of drug-likeness (QED) is 0.489. The molecule has 0 saturated heterocycles. The van der Waals surface area contributed by atoms with Gasteiger partial charge in [0.2, 0.25) is 0 Å². The lowest BCUT2D eigenvalue weighted by Crippen LogP contribution is -1.93. The molecule has 0 bridgehead atoms. The largest absolute Gasteiger partial charge is 0.329 e. The predicted octanol–water partition coefficient (Wildman–Crippen LogP) is 3.67. The van der Waals surface area contributed by atoms with E-state index in [0.29, 0.717) is 5.56 Å². The van der Waals surface area contributed by atoms with Gasteiger partial charge in [0.15, 0.2) is 10.9 Å². The van der Waals surface area contributed by atoms with E-state index in [1.54, 1.807) is 29.8 Å². The smallest absolute Gasteiger partial charge is 0.186 e. The maximum atomic E-state index is 11.8.